The highest BCUT2D eigenvalue weighted by molar-refractivity contribution is 6.42. The second-order valence-corrected chi connectivity index (χ2v) is 7.07. The lowest BCUT2D eigenvalue weighted by molar-refractivity contribution is 0.360. The van der Waals surface area contributed by atoms with Gasteiger partial charge >= 0.3 is 0 Å². The Morgan fingerprint density at radius 3 is 2.57 bits per heavy atom. The standard InChI is InChI=1S/C16H19Cl3N2/c1-10(11-4-2-3-5-11)21-15-9-13(19)12(18)8-14(15)20-16(21)6-7-17/h8-11H,2-7H2,1H3. The Morgan fingerprint density at radius 2 is 1.90 bits per heavy atom. The number of alkyl halides is 1. The van der Waals surface area contributed by atoms with Crippen molar-refractivity contribution in [1.29, 1.82) is 0 Å². The molecule has 0 bridgehead atoms. The molecule has 1 heterocycles. The summed E-state index contributed by atoms with van der Waals surface area (Å²) >= 11 is 18.3. The number of benzene rings is 1. The van der Waals surface area contributed by atoms with Gasteiger partial charge in [0.1, 0.15) is 5.82 Å². The third kappa shape index (κ3) is 2.91. The fourth-order valence-corrected chi connectivity index (χ4v) is 3.99. The smallest absolute Gasteiger partial charge is 0.111 e. The monoisotopic (exact) mass is 344 g/mol. The van der Waals surface area contributed by atoms with Crippen LogP contribution in [0, 0.1) is 5.92 Å². The Labute approximate surface area is 140 Å². The van der Waals surface area contributed by atoms with E-state index in [2.05, 4.69) is 11.5 Å². The highest BCUT2D eigenvalue weighted by atomic mass is 35.5. The molecule has 2 nitrogen and oxygen atoms in total. The summed E-state index contributed by atoms with van der Waals surface area (Å²) in [5.41, 5.74) is 1.98. The zero-order chi connectivity index (χ0) is 15.0. The molecule has 1 aromatic carbocycles. The molecular formula is C16H19Cl3N2. The van der Waals surface area contributed by atoms with E-state index in [-0.39, 0.29) is 0 Å². The summed E-state index contributed by atoms with van der Waals surface area (Å²) < 4.78 is 2.33. The van der Waals surface area contributed by atoms with Crippen molar-refractivity contribution in [2.75, 3.05) is 5.88 Å². The van der Waals surface area contributed by atoms with E-state index in [1.165, 1.54) is 25.7 Å². The van der Waals surface area contributed by atoms with Gasteiger partial charge in [0.25, 0.3) is 0 Å². The lowest BCUT2D eigenvalue weighted by atomic mass is 9.99. The Balaban J connectivity index is 2.12. The summed E-state index contributed by atoms with van der Waals surface area (Å²) in [4.78, 5) is 4.73. The number of aryl methyl sites for hydroxylation is 1. The van der Waals surface area contributed by atoms with E-state index in [0.29, 0.717) is 27.9 Å². The molecule has 1 fully saturated rings. The number of nitrogens with zero attached hydrogens (tertiary/aromatic N) is 2. The first kappa shape index (κ1) is 15.5. The molecule has 0 aliphatic heterocycles. The molecule has 1 unspecified atom stereocenters. The molecule has 0 amide bonds. The highest BCUT2D eigenvalue weighted by Crippen LogP contribution is 2.38. The summed E-state index contributed by atoms with van der Waals surface area (Å²) in [7, 11) is 0. The molecule has 0 saturated heterocycles. The topological polar surface area (TPSA) is 17.8 Å². The SMILES string of the molecule is CC(C1CCCC1)n1c(CCCl)nc2cc(Cl)c(Cl)cc21. The van der Waals surface area contributed by atoms with Crippen LogP contribution in [0.1, 0.15) is 44.5 Å². The number of halogens is 3. The second kappa shape index (κ2) is 6.36. The van der Waals surface area contributed by atoms with Crippen LogP contribution in [-0.4, -0.2) is 15.4 Å². The van der Waals surface area contributed by atoms with Crippen molar-refractivity contribution in [3.05, 3.63) is 28.0 Å². The van der Waals surface area contributed by atoms with Gasteiger partial charge in [0.05, 0.1) is 21.1 Å². The second-order valence-electron chi connectivity index (χ2n) is 5.88. The van der Waals surface area contributed by atoms with Gasteiger partial charge in [-0.25, -0.2) is 4.98 Å². The van der Waals surface area contributed by atoms with Gasteiger partial charge in [-0.2, -0.15) is 0 Å². The number of aromatic nitrogens is 2. The summed E-state index contributed by atoms with van der Waals surface area (Å²) in [5.74, 6) is 2.32. The maximum absolute atomic E-state index is 6.21. The maximum atomic E-state index is 6.21. The van der Waals surface area contributed by atoms with Crippen LogP contribution in [0.2, 0.25) is 10.0 Å². The van der Waals surface area contributed by atoms with Gasteiger partial charge in [0.2, 0.25) is 0 Å². The molecule has 0 radical (unpaired) electrons. The Hall–Kier alpha value is -0.440. The predicted molar refractivity (Wildman–Crippen MR) is 90.8 cm³/mol. The molecule has 1 saturated carbocycles. The quantitative estimate of drug-likeness (QED) is 0.633. The third-order valence-corrected chi connectivity index (χ3v) is 5.52. The molecule has 21 heavy (non-hydrogen) atoms. The first-order valence-corrected chi connectivity index (χ1v) is 8.82. The van der Waals surface area contributed by atoms with Crippen LogP contribution >= 0.6 is 34.8 Å². The number of fused-ring (bicyclic) bond motifs is 1. The van der Waals surface area contributed by atoms with Crippen LogP contribution in [0.5, 0.6) is 0 Å². The van der Waals surface area contributed by atoms with Crippen molar-refractivity contribution in [2.45, 2.75) is 45.1 Å². The van der Waals surface area contributed by atoms with Gasteiger partial charge in [0, 0.05) is 18.3 Å². The van der Waals surface area contributed by atoms with Crippen LogP contribution in [0.25, 0.3) is 11.0 Å². The molecule has 0 spiro atoms. The average Bonchev–Trinajstić information content (AvgIpc) is 3.07. The number of hydrogen-bond acceptors (Lipinski definition) is 1. The number of rotatable bonds is 4. The van der Waals surface area contributed by atoms with Crippen LogP contribution in [0.3, 0.4) is 0 Å². The highest BCUT2D eigenvalue weighted by Gasteiger charge is 2.26. The molecule has 5 heteroatoms. The van der Waals surface area contributed by atoms with Gasteiger partial charge < -0.3 is 4.57 Å². The molecule has 0 N–H and O–H groups in total. The van der Waals surface area contributed by atoms with Crippen LogP contribution in [-0.2, 0) is 6.42 Å². The summed E-state index contributed by atoms with van der Waals surface area (Å²) in [6.45, 7) is 2.29. The predicted octanol–water partition coefficient (Wildman–Crippen LogP) is 5.88. The van der Waals surface area contributed by atoms with Crippen LogP contribution < -0.4 is 0 Å². The molecule has 1 aliphatic rings. The minimum atomic E-state index is 0.424. The maximum Gasteiger partial charge on any atom is 0.111 e. The number of hydrogen-bond donors (Lipinski definition) is 0. The fraction of sp³-hybridized carbons (Fsp3) is 0.562. The van der Waals surface area contributed by atoms with E-state index in [1.54, 1.807) is 0 Å². The molecule has 114 valence electrons. The molecule has 1 aliphatic carbocycles. The van der Waals surface area contributed by atoms with E-state index in [0.717, 1.165) is 23.3 Å². The zero-order valence-electron chi connectivity index (χ0n) is 12.1. The van der Waals surface area contributed by atoms with Crippen molar-refractivity contribution in [3.8, 4) is 0 Å². The van der Waals surface area contributed by atoms with Crippen molar-refractivity contribution in [3.63, 3.8) is 0 Å². The summed E-state index contributed by atoms with van der Waals surface area (Å²) in [6, 6.07) is 4.22. The zero-order valence-corrected chi connectivity index (χ0v) is 14.3. The first-order valence-electron chi connectivity index (χ1n) is 7.53. The summed E-state index contributed by atoms with van der Waals surface area (Å²) in [6.07, 6.45) is 6.02. The van der Waals surface area contributed by atoms with Crippen molar-refractivity contribution in [1.82, 2.24) is 9.55 Å². The largest absolute Gasteiger partial charge is 0.325 e. The lowest BCUT2D eigenvalue weighted by Gasteiger charge is -2.23. The summed E-state index contributed by atoms with van der Waals surface area (Å²) in [5, 5.41) is 1.14. The van der Waals surface area contributed by atoms with Crippen LogP contribution in [0.4, 0.5) is 0 Å². The van der Waals surface area contributed by atoms with Crippen molar-refractivity contribution in [2.24, 2.45) is 5.92 Å². The van der Waals surface area contributed by atoms with Gasteiger partial charge in [-0.3, -0.25) is 0 Å². The van der Waals surface area contributed by atoms with Gasteiger partial charge in [-0.05, 0) is 37.8 Å². The van der Waals surface area contributed by atoms with E-state index < -0.39 is 0 Å². The minimum Gasteiger partial charge on any atom is -0.325 e. The van der Waals surface area contributed by atoms with Crippen molar-refractivity contribution >= 4 is 45.8 Å². The molecule has 2 aromatic rings. The molecule has 1 atom stereocenters. The van der Waals surface area contributed by atoms with Gasteiger partial charge in [-0.1, -0.05) is 36.0 Å². The Morgan fingerprint density at radius 1 is 1.24 bits per heavy atom. The normalized spacial score (nSPS) is 17.7. The lowest BCUT2D eigenvalue weighted by Crippen LogP contribution is -2.17. The van der Waals surface area contributed by atoms with E-state index >= 15 is 0 Å². The Bertz CT molecular complexity index is 644. The third-order valence-electron chi connectivity index (χ3n) is 4.61. The molecule has 3 rings (SSSR count). The van der Waals surface area contributed by atoms with E-state index in [1.807, 2.05) is 12.1 Å². The minimum absolute atomic E-state index is 0.424. The van der Waals surface area contributed by atoms with Crippen LogP contribution in [0.15, 0.2) is 12.1 Å². The van der Waals surface area contributed by atoms with Crippen molar-refractivity contribution < 1.29 is 0 Å². The average molecular weight is 346 g/mol. The van der Waals surface area contributed by atoms with E-state index in [9.17, 15) is 0 Å². The van der Waals surface area contributed by atoms with Gasteiger partial charge in [0.15, 0.2) is 0 Å². The Kier molecular flexibility index (Phi) is 4.68. The van der Waals surface area contributed by atoms with Gasteiger partial charge in [-0.15, -0.1) is 11.6 Å². The molecular weight excluding hydrogens is 327 g/mol. The fourth-order valence-electron chi connectivity index (χ4n) is 3.51. The number of imidazole rings is 1. The first-order chi connectivity index (χ1) is 10.1. The molecule has 1 aromatic heterocycles. The van der Waals surface area contributed by atoms with E-state index in [4.69, 9.17) is 39.8 Å².